The minimum atomic E-state index is -0.112. The molecule has 2 amide bonds. The molecule has 1 heterocycles. The number of carbonyl (C=O) groups excluding carboxylic acids is 2. The lowest BCUT2D eigenvalue weighted by atomic mass is 9.95. The van der Waals surface area contributed by atoms with E-state index in [9.17, 15) is 9.59 Å². The maximum Gasteiger partial charge on any atom is 0.239 e. The zero-order chi connectivity index (χ0) is 15.1. The molecule has 0 aromatic carbocycles. The molecule has 0 spiro atoms. The van der Waals surface area contributed by atoms with E-state index in [4.69, 9.17) is 0 Å². The normalized spacial score (nSPS) is 15.5. The van der Waals surface area contributed by atoms with Crippen LogP contribution in [0.25, 0.3) is 0 Å². The third-order valence-electron chi connectivity index (χ3n) is 3.83. The third-order valence-corrected chi connectivity index (χ3v) is 3.83. The predicted octanol–water partition coefficient (Wildman–Crippen LogP) is 1.88. The van der Waals surface area contributed by atoms with Crippen LogP contribution in [-0.2, 0) is 16.1 Å². The molecule has 0 aliphatic heterocycles. The van der Waals surface area contributed by atoms with Gasteiger partial charge >= 0.3 is 0 Å². The fourth-order valence-corrected chi connectivity index (χ4v) is 2.66. The summed E-state index contributed by atoms with van der Waals surface area (Å²) in [4.78, 5) is 29.5. The van der Waals surface area contributed by atoms with Gasteiger partial charge in [0, 0.05) is 19.2 Å². The monoisotopic (exact) mass is 289 g/mol. The van der Waals surface area contributed by atoms with Gasteiger partial charge in [0.1, 0.15) is 0 Å². The van der Waals surface area contributed by atoms with Crippen molar-refractivity contribution in [3.8, 4) is 0 Å². The van der Waals surface area contributed by atoms with Crippen molar-refractivity contribution < 1.29 is 9.59 Å². The van der Waals surface area contributed by atoms with Crippen molar-refractivity contribution in [1.82, 2.24) is 15.2 Å². The zero-order valence-electron chi connectivity index (χ0n) is 12.5. The van der Waals surface area contributed by atoms with E-state index in [0.29, 0.717) is 6.54 Å². The number of aromatic nitrogens is 1. The van der Waals surface area contributed by atoms with Crippen LogP contribution in [0.1, 0.15) is 44.7 Å². The summed E-state index contributed by atoms with van der Waals surface area (Å²) >= 11 is 0. The van der Waals surface area contributed by atoms with Crippen LogP contribution in [0.15, 0.2) is 24.4 Å². The Balaban J connectivity index is 1.86. The van der Waals surface area contributed by atoms with Crippen molar-refractivity contribution in [3.63, 3.8) is 0 Å². The van der Waals surface area contributed by atoms with Crippen molar-refractivity contribution in [1.29, 1.82) is 0 Å². The molecule has 0 unspecified atom stereocenters. The molecule has 114 valence electrons. The minimum absolute atomic E-state index is 0.0759. The van der Waals surface area contributed by atoms with Crippen LogP contribution in [-0.4, -0.2) is 34.3 Å². The summed E-state index contributed by atoms with van der Waals surface area (Å²) in [6.45, 7) is 1.95. The zero-order valence-corrected chi connectivity index (χ0v) is 12.5. The Morgan fingerprint density at radius 3 is 2.67 bits per heavy atom. The van der Waals surface area contributed by atoms with Gasteiger partial charge < -0.3 is 10.2 Å². The summed E-state index contributed by atoms with van der Waals surface area (Å²) in [7, 11) is 0. The molecule has 5 nitrogen and oxygen atoms in total. The van der Waals surface area contributed by atoms with Gasteiger partial charge in [0.05, 0.1) is 18.8 Å². The predicted molar refractivity (Wildman–Crippen MR) is 80.3 cm³/mol. The largest absolute Gasteiger partial charge is 0.352 e. The van der Waals surface area contributed by atoms with Crippen molar-refractivity contribution >= 4 is 11.8 Å². The molecule has 0 atom stereocenters. The molecule has 0 saturated heterocycles. The van der Waals surface area contributed by atoms with Crippen LogP contribution in [0.4, 0.5) is 0 Å². The van der Waals surface area contributed by atoms with Crippen molar-refractivity contribution in [2.75, 3.05) is 6.54 Å². The van der Waals surface area contributed by atoms with E-state index in [1.807, 2.05) is 18.2 Å². The van der Waals surface area contributed by atoms with Crippen LogP contribution in [0, 0.1) is 0 Å². The molecule has 1 aromatic heterocycles. The van der Waals surface area contributed by atoms with Crippen molar-refractivity contribution in [2.24, 2.45) is 0 Å². The van der Waals surface area contributed by atoms with Gasteiger partial charge in [-0.05, 0) is 25.0 Å². The van der Waals surface area contributed by atoms with Gasteiger partial charge in [0.15, 0.2) is 0 Å². The van der Waals surface area contributed by atoms with Crippen LogP contribution >= 0.6 is 0 Å². The van der Waals surface area contributed by atoms with E-state index in [1.54, 1.807) is 6.20 Å². The van der Waals surface area contributed by atoms with E-state index in [-0.39, 0.29) is 24.4 Å². The lowest BCUT2D eigenvalue weighted by molar-refractivity contribution is -0.135. The van der Waals surface area contributed by atoms with Gasteiger partial charge in [-0.3, -0.25) is 14.6 Å². The molecule has 1 fully saturated rings. The summed E-state index contributed by atoms with van der Waals surface area (Å²) in [5, 5.41) is 3.04. The molecule has 21 heavy (non-hydrogen) atoms. The number of hydrogen-bond donors (Lipinski definition) is 1. The molecular weight excluding hydrogens is 266 g/mol. The first kappa shape index (κ1) is 15.5. The highest BCUT2D eigenvalue weighted by Crippen LogP contribution is 2.17. The Bertz CT molecular complexity index is 470. The first-order valence-electron chi connectivity index (χ1n) is 7.60. The van der Waals surface area contributed by atoms with Gasteiger partial charge in [-0.25, -0.2) is 0 Å². The number of carbonyl (C=O) groups is 2. The number of nitrogens with one attached hydrogen (secondary N) is 1. The lowest BCUT2D eigenvalue weighted by Gasteiger charge is -2.25. The fourth-order valence-electron chi connectivity index (χ4n) is 2.66. The molecule has 2 rings (SSSR count). The number of amides is 2. The summed E-state index contributed by atoms with van der Waals surface area (Å²) in [6.07, 6.45) is 7.39. The highest BCUT2D eigenvalue weighted by atomic mass is 16.2. The number of pyridine rings is 1. The number of nitrogens with zero attached hydrogens (tertiary/aromatic N) is 2. The van der Waals surface area contributed by atoms with Gasteiger partial charge in [-0.2, -0.15) is 0 Å². The second-order valence-electron chi connectivity index (χ2n) is 5.60. The molecule has 1 aromatic rings. The smallest absolute Gasteiger partial charge is 0.239 e. The maximum atomic E-state index is 12.1. The van der Waals surface area contributed by atoms with Crippen LogP contribution in [0.5, 0.6) is 0 Å². The van der Waals surface area contributed by atoms with E-state index in [0.717, 1.165) is 18.5 Å². The maximum absolute atomic E-state index is 12.1. The van der Waals surface area contributed by atoms with E-state index >= 15 is 0 Å². The molecule has 1 aliphatic rings. The summed E-state index contributed by atoms with van der Waals surface area (Å²) in [5.41, 5.74) is 0.790. The second kappa shape index (κ2) is 7.76. The average Bonchev–Trinajstić information content (AvgIpc) is 2.48. The van der Waals surface area contributed by atoms with Crippen molar-refractivity contribution in [2.45, 2.75) is 51.6 Å². The first-order valence-corrected chi connectivity index (χ1v) is 7.60. The molecule has 0 radical (unpaired) electrons. The standard InChI is InChI=1S/C16H23N3O2/c1-13(20)19(11-15-9-5-6-10-17-15)12-16(21)18-14-7-3-2-4-8-14/h5-6,9-10,14H,2-4,7-8,11-12H2,1H3,(H,18,21). The quantitative estimate of drug-likeness (QED) is 0.900. The van der Waals surface area contributed by atoms with Gasteiger partial charge in [-0.15, -0.1) is 0 Å². The summed E-state index contributed by atoms with van der Waals surface area (Å²) in [6, 6.07) is 5.84. The Hall–Kier alpha value is -1.91. The molecular formula is C16H23N3O2. The SMILES string of the molecule is CC(=O)N(CC(=O)NC1CCCCC1)Cc1ccccn1. The molecule has 1 saturated carbocycles. The average molecular weight is 289 g/mol. The van der Waals surface area contributed by atoms with Crippen LogP contribution in [0.2, 0.25) is 0 Å². The van der Waals surface area contributed by atoms with E-state index in [1.165, 1.54) is 31.1 Å². The Morgan fingerprint density at radius 1 is 1.29 bits per heavy atom. The Labute approximate surface area is 125 Å². The fraction of sp³-hybridized carbons (Fsp3) is 0.562. The first-order chi connectivity index (χ1) is 10.1. The Kier molecular flexibility index (Phi) is 5.72. The van der Waals surface area contributed by atoms with Gasteiger partial charge in [0.25, 0.3) is 0 Å². The van der Waals surface area contributed by atoms with E-state index < -0.39 is 0 Å². The van der Waals surface area contributed by atoms with Gasteiger partial charge in [-0.1, -0.05) is 25.3 Å². The third kappa shape index (κ3) is 5.17. The molecule has 0 bridgehead atoms. The van der Waals surface area contributed by atoms with Gasteiger partial charge in [0.2, 0.25) is 11.8 Å². The summed E-state index contributed by atoms with van der Waals surface area (Å²) < 4.78 is 0. The topological polar surface area (TPSA) is 62.3 Å². The molecule has 1 N–H and O–H groups in total. The van der Waals surface area contributed by atoms with Crippen molar-refractivity contribution in [3.05, 3.63) is 30.1 Å². The number of hydrogen-bond acceptors (Lipinski definition) is 3. The second-order valence-corrected chi connectivity index (χ2v) is 5.60. The molecule has 1 aliphatic carbocycles. The van der Waals surface area contributed by atoms with Crippen LogP contribution < -0.4 is 5.32 Å². The lowest BCUT2D eigenvalue weighted by Crippen LogP contribution is -2.44. The highest BCUT2D eigenvalue weighted by Gasteiger charge is 2.19. The highest BCUT2D eigenvalue weighted by molar-refractivity contribution is 5.83. The summed E-state index contributed by atoms with van der Waals surface area (Å²) in [5.74, 6) is -0.188. The Morgan fingerprint density at radius 2 is 2.05 bits per heavy atom. The van der Waals surface area contributed by atoms with Crippen LogP contribution in [0.3, 0.4) is 0 Å². The minimum Gasteiger partial charge on any atom is -0.352 e. The number of rotatable bonds is 5. The van der Waals surface area contributed by atoms with E-state index in [2.05, 4.69) is 10.3 Å². The molecule has 5 heteroatoms.